The molecule has 9 heteroatoms. The Morgan fingerprint density at radius 1 is 1.17 bits per heavy atom. The summed E-state index contributed by atoms with van der Waals surface area (Å²) in [5.74, 6) is 0.263. The van der Waals surface area contributed by atoms with Gasteiger partial charge in [0.2, 0.25) is 5.91 Å². The van der Waals surface area contributed by atoms with Crippen LogP contribution < -0.4 is 5.56 Å². The highest BCUT2D eigenvalue weighted by atomic mass is 32.1. The van der Waals surface area contributed by atoms with Gasteiger partial charge in [-0.05, 0) is 36.3 Å². The molecule has 3 aromatic heterocycles. The first kappa shape index (κ1) is 19.4. The van der Waals surface area contributed by atoms with E-state index in [1.54, 1.807) is 10.9 Å². The summed E-state index contributed by atoms with van der Waals surface area (Å²) in [6, 6.07) is 3.74. The number of aryl methyl sites for hydroxylation is 1. The molecule has 30 heavy (non-hydrogen) atoms. The van der Waals surface area contributed by atoms with E-state index < -0.39 is 0 Å². The first-order valence-corrected chi connectivity index (χ1v) is 11.9. The second-order valence-corrected chi connectivity index (χ2v) is 9.75. The van der Waals surface area contributed by atoms with E-state index in [4.69, 9.17) is 0 Å². The molecule has 0 N–H and O–H groups in total. The zero-order valence-corrected chi connectivity index (χ0v) is 18.1. The maximum absolute atomic E-state index is 13.1. The van der Waals surface area contributed by atoms with Gasteiger partial charge in [0.25, 0.3) is 11.5 Å². The fourth-order valence-corrected chi connectivity index (χ4v) is 6.16. The zero-order chi connectivity index (χ0) is 20.7. The lowest BCUT2D eigenvalue weighted by atomic mass is 10.1. The number of likely N-dealkylation sites (tertiary alicyclic amines) is 1. The first-order valence-electron chi connectivity index (χ1n) is 10.2. The van der Waals surface area contributed by atoms with E-state index in [-0.39, 0.29) is 17.4 Å². The number of hydrogen-bond donors (Lipinski definition) is 0. The lowest BCUT2D eigenvalue weighted by Crippen LogP contribution is -2.35. The number of amides is 2. The fraction of sp³-hybridized carbons (Fsp3) is 0.429. The van der Waals surface area contributed by atoms with E-state index in [0.717, 1.165) is 39.5 Å². The van der Waals surface area contributed by atoms with Crippen molar-refractivity contribution in [3.05, 3.63) is 49.5 Å². The first-order chi connectivity index (χ1) is 14.6. The molecule has 3 aromatic rings. The standard InChI is InChI=1S/C21H22N4O3S2/c26-17-5-1-7-23(17)8-3-9-25-13-22-19-18(21(25)28)14-6-10-24(12-16(14)30-19)20(27)15-4-2-11-29-15/h2,4,11,13H,1,3,5-10,12H2. The molecule has 1 saturated heterocycles. The van der Waals surface area contributed by atoms with E-state index >= 15 is 0 Å². The van der Waals surface area contributed by atoms with Gasteiger partial charge in [0, 0.05) is 37.5 Å². The van der Waals surface area contributed by atoms with Crippen LogP contribution in [0.1, 0.15) is 39.4 Å². The van der Waals surface area contributed by atoms with Crippen LogP contribution in [0, 0.1) is 0 Å². The summed E-state index contributed by atoms with van der Waals surface area (Å²) in [6.45, 7) is 3.21. The summed E-state index contributed by atoms with van der Waals surface area (Å²) in [5, 5.41) is 2.62. The Labute approximate surface area is 181 Å². The zero-order valence-electron chi connectivity index (χ0n) is 16.5. The smallest absolute Gasteiger partial charge is 0.264 e. The number of carbonyl (C=O) groups is 2. The predicted molar refractivity (Wildman–Crippen MR) is 117 cm³/mol. The summed E-state index contributed by atoms with van der Waals surface area (Å²) in [6.07, 6.45) is 4.61. The van der Waals surface area contributed by atoms with E-state index in [9.17, 15) is 14.4 Å². The Hall–Kier alpha value is -2.52. The van der Waals surface area contributed by atoms with Gasteiger partial charge in [-0.15, -0.1) is 22.7 Å². The van der Waals surface area contributed by atoms with Crippen molar-refractivity contribution in [2.24, 2.45) is 0 Å². The molecule has 7 nitrogen and oxygen atoms in total. The van der Waals surface area contributed by atoms with Crippen LogP contribution in [-0.4, -0.2) is 50.8 Å². The Bertz CT molecular complexity index is 1170. The Morgan fingerprint density at radius 2 is 2.07 bits per heavy atom. The minimum absolute atomic E-state index is 0.0109. The van der Waals surface area contributed by atoms with Crippen molar-refractivity contribution >= 4 is 44.7 Å². The van der Waals surface area contributed by atoms with Crippen LogP contribution >= 0.6 is 22.7 Å². The molecule has 0 spiro atoms. The lowest BCUT2D eigenvalue weighted by Gasteiger charge is -2.26. The molecule has 0 aliphatic carbocycles. The molecule has 0 radical (unpaired) electrons. The van der Waals surface area contributed by atoms with Gasteiger partial charge >= 0.3 is 0 Å². The van der Waals surface area contributed by atoms with Crippen LogP contribution in [0.4, 0.5) is 0 Å². The van der Waals surface area contributed by atoms with Crippen LogP contribution in [0.5, 0.6) is 0 Å². The molecule has 5 rings (SSSR count). The number of nitrogens with zero attached hydrogens (tertiary/aromatic N) is 4. The molecule has 0 unspecified atom stereocenters. The van der Waals surface area contributed by atoms with Gasteiger partial charge in [-0.2, -0.15) is 0 Å². The van der Waals surface area contributed by atoms with Crippen LogP contribution in [0.3, 0.4) is 0 Å². The molecular weight excluding hydrogens is 420 g/mol. The molecule has 5 heterocycles. The van der Waals surface area contributed by atoms with Crippen molar-refractivity contribution in [1.82, 2.24) is 19.4 Å². The average Bonchev–Trinajstić information content (AvgIpc) is 3.49. The molecule has 0 bridgehead atoms. The Kier molecular flexibility index (Phi) is 5.16. The third-order valence-electron chi connectivity index (χ3n) is 5.84. The van der Waals surface area contributed by atoms with Crippen molar-refractivity contribution in [2.45, 2.75) is 38.8 Å². The number of rotatable bonds is 5. The van der Waals surface area contributed by atoms with Crippen LogP contribution in [0.15, 0.2) is 28.6 Å². The minimum atomic E-state index is -0.0109. The number of thiophene rings is 2. The van der Waals surface area contributed by atoms with E-state index in [2.05, 4.69) is 4.98 Å². The topological polar surface area (TPSA) is 75.5 Å². The van der Waals surface area contributed by atoms with Crippen molar-refractivity contribution in [1.29, 1.82) is 0 Å². The Balaban J connectivity index is 1.34. The van der Waals surface area contributed by atoms with Gasteiger partial charge in [-0.3, -0.25) is 19.0 Å². The Morgan fingerprint density at radius 3 is 2.83 bits per heavy atom. The minimum Gasteiger partial charge on any atom is -0.343 e. The van der Waals surface area contributed by atoms with Gasteiger partial charge < -0.3 is 9.80 Å². The van der Waals surface area contributed by atoms with Crippen LogP contribution in [0.2, 0.25) is 0 Å². The monoisotopic (exact) mass is 442 g/mol. The van der Waals surface area contributed by atoms with Gasteiger partial charge in [0.15, 0.2) is 0 Å². The normalized spacial score (nSPS) is 16.5. The number of hydrogen-bond acceptors (Lipinski definition) is 6. The molecule has 0 saturated carbocycles. The third kappa shape index (κ3) is 3.45. The van der Waals surface area contributed by atoms with Crippen molar-refractivity contribution < 1.29 is 9.59 Å². The molecule has 156 valence electrons. The fourth-order valence-electron chi connectivity index (χ4n) is 4.28. The highest BCUT2D eigenvalue weighted by Crippen LogP contribution is 2.33. The summed E-state index contributed by atoms with van der Waals surface area (Å²) in [7, 11) is 0. The van der Waals surface area contributed by atoms with E-state index in [1.165, 1.54) is 22.7 Å². The van der Waals surface area contributed by atoms with Gasteiger partial charge in [0.05, 0.1) is 23.1 Å². The van der Waals surface area contributed by atoms with Crippen LogP contribution in [-0.2, 0) is 24.3 Å². The maximum atomic E-state index is 13.1. The maximum Gasteiger partial charge on any atom is 0.264 e. The van der Waals surface area contributed by atoms with Gasteiger partial charge in [-0.1, -0.05) is 6.07 Å². The SMILES string of the molecule is O=C1CCCN1CCCn1cnc2sc3c(c2c1=O)CCN(C(=O)c1cccs1)C3. The predicted octanol–water partition coefficient (Wildman–Crippen LogP) is 2.73. The molecule has 2 aliphatic rings. The molecule has 2 aliphatic heterocycles. The lowest BCUT2D eigenvalue weighted by molar-refractivity contribution is -0.127. The number of carbonyl (C=O) groups excluding carboxylic acids is 2. The van der Waals surface area contributed by atoms with Crippen molar-refractivity contribution in [3.63, 3.8) is 0 Å². The van der Waals surface area contributed by atoms with E-state index in [1.807, 2.05) is 27.3 Å². The van der Waals surface area contributed by atoms with Crippen molar-refractivity contribution in [3.8, 4) is 0 Å². The molecule has 0 atom stereocenters. The second-order valence-electron chi connectivity index (χ2n) is 7.72. The summed E-state index contributed by atoms with van der Waals surface area (Å²) >= 11 is 2.97. The van der Waals surface area contributed by atoms with Gasteiger partial charge in [-0.25, -0.2) is 4.98 Å². The largest absolute Gasteiger partial charge is 0.343 e. The van der Waals surface area contributed by atoms with E-state index in [0.29, 0.717) is 44.4 Å². The van der Waals surface area contributed by atoms with Gasteiger partial charge in [0.1, 0.15) is 4.83 Å². The van der Waals surface area contributed by atoms with Crippen LogP contribution in [0.25, 0.3) is 10.2 Å². The number of fused-ring (bicyclic) bond motifs is 3. The molecule has 2 amide bonds. The summed E-state index contributed by atoms with van der Waals surface area (Å²) in [4.78, 5) is 48.4. The summed E-state index contributed by atoms with van der Waals surface area (Å²) < 4.78 is 1.67. The third-order valence-corrected chi connectivity index (χ3v) is 7.83. The average molecular weight is 443 g/mol. The quantitative estimate of drug-likeness (QED) is 0.609. The molecule has 1 fully saturated rings. The second kappa shape index (κ2) is 7.96. The highest BCUT2D eigenvalue weighted by molar-refractivity contribution is 7.18. The number of aromatic nitrogens is 2. The highest BCUT2D eigenvalue weighted by Gasteiger charge is 2.27. The summed E-state index contributed by atoms with van der Waals surface area (Å²) in [5.41, 5.74) is 1.04. The molecule has 0 aromatic carbocycles. The van der Waals surface area contributed by atoms with Crippen molar-refractivity contribution in [2.75, 3.05) is 19.6 Å². The molecular formula is C21H22N4O3S2.